The van der Waals surface area contributed by atoms with Crippen LogP contribution in [0.5, 0.6) is 0 Å². The fourth-order valence-electron chi connectivity index (χ4n) is 2.74. The van der Waals surface area contributed by atoms with E-state index in [9.17, 15) is 14.0 Å². The summed E-state index contributed by atoms with van der Waals surface area (Å²) < 4.78 is 24.8. The van der Waals surface area contributed by atoms with E-state index in [4.69, 9.17) is 9.47 Å². The van der Waals surface area contributed by atoms with Crippen molar-refractivity contribution >= 4 is 23.9 Å². The van der Waals surface area contributed by atoms with Crippen LogP contribution >= 0.6 is 0 Å². The molecule has 0 radical (unpaired) electrons. The van der Waals surface area contributed by atoms with Gasteiger partial charge in [-0.15, -0.1) is 0 Å². The van der Waals surface area contributed by atoms with Crippen LogP contribution in [0.25, 0.3) is 0 Å². The number of anilines is 2. The van der Waals surface area contributed by atoms with Crippen molar-refractivity contribution in [2.45, 2.75) is 6.10 Å². The third-order valence-electron chi connectivity index (χ3n) is 3.90. The molecular formula is C15H18FN3O4. The Labute approximate surface area is 132 Å². The summed E-state index contributed by atoms with van der Waals surface area (Å²) >= 11 is 0. The molecule has 2 aliphatic rings. The van der Waals surface area contributed by atoms with Crippen molar-refractivity contribution in [3.8, 4) is 0 Å². The lowest BCUT2D eigenvalue weighted by Crippen LogP contribution is -2.36. The van der Waals surface area contributed by atoms with Crippen molar-refractivity contribution in [3.63, 3.8) is 0 Å². The topological polar surface area (TPSA) is 71.1 Å². The molecule has 1 atom stereocenters. The van der Waals surface area contributed by atoms with Crippen LogP contribution in [0, 0.1) is 5.82 Å². The van der Waals surface area contributed by atoms with Crippen molar-refractivity contribution in [2.75, 3.05) is 49.2 Å². The van der Waals surface area contributed by atoms with E-state index in [-0.39, 0.29) is 18.9 Å². The lowest BCUT2D eigenvalue weighted by Gasteiger charge is -2.29. The van der Waals surface area contributed by atoms with E-state index in [1.54, 1.807) is 12.1 Å². The molecule has 0 spiro atoms. The van der Waals surface area contributed by atoms with Gasteiger partial charge in [-0.3, -0.25) is 9.69 Å². The molecule has 1 aromatic rings. The quantitative estimate of drug-likeness (QED) is 0.809. The second-order valence-corrected chi connectivity index (χ2v) is 5.38. The predicted molar refractivity (Wildman–Crippen MR) is 81.1 cm³/mol. The van der Waals surface area contributed by atoms with Gasteiger partial charge in [0.25, 0.3) is 0 Å². The van der Waals surface area contributed by atoms with E-state index in [0.29, 0.717) is 44.1 Å². The summed E-state index contributed by atoms with van der Waals surface area (Å²) in [6.07, 6.45) is -0.427. The summed E-state index contributed by atoms with van der Waals surface area (Å²) in [4.78, 5) is 25.5. The lowest BCUT2D eigenvalue weighted by molar-refractivity contribution is -0.109. The normalized spacial score (nSPS) is 21.3. The average Bonchev–Trinajstić information content (AvgIpc) is 2.94. The second-order valence-electron chi connectivity index (χ2n) is 5.38. The van der Waals surface area contributed by atoms with E-state index < -0.39 is 12.2 Å². The molecule has 2 amide bonds. The van der Waals surface area contributed by atoms with Gasteiger partial charge in [0.15, 0.2) is 0 Å². The first-order chi connectivity index (χ1) is 11.2. The molecule has 0 aromatic heterocycles. The molecule has 3 rings (SSSR count). The number of nitrogens with zero attached hydrogens (tertiary/aromatic N) is 2. The van der Waals surface area contributed by atoms with Crippen LogP contribution in [-0.2, 0) is 14.3 Å². The number of ether oxygens (including phenoxy) is 2. The molecule has 0 saturated carbocycles. The van der Waals surface area contributed by atoms with Crippen molar-refractivity contribution in [1.29, 1.82) is 0 Å². The minimum atomic E-state index is -0.541. The standard InChI is InChI=1S/C15H18FN3O4/c16-13-7-11(1-2-14(13)18-3-5-22-6-4-18)19-9-12(8-17-10-20)23-15(19)21/h1-2,7,10,12H,3-6,8-9H2,(H,17,20). The van der Waals surface area contributed by atoms with Gasteiger partial charge in [0.1, 0.15) is 11.9 Å². The number of cyclic esters (lactones) is 1. The van der Waals surface area contributed by atoms with Gasteiger partial charge in [0.05, 0.1) is 37.7 Å². The fraction of sp³-hybridized carbons (Fsp3) is 0.467. The first kappa shape index (κ1) is 15.5. The van der Waals surface area contributed by atoms with E-state index >= 15 is 0 Å². The van der Waals surface area contributed by atoms with Gasteiger partial charge in [-0.25, -0.2) is 9.18 Å². The molecule has 7 nitrogen and oxygen atoms in total. The minimum absolute atomic E-state index is 0.236. The number of carbonyl (C=O) groups excluding carboxylic acids is 2. The Hall–Kier alpha value is -2.35. The molecule has 0 bridgehead atoms. The van der Waals surface area contributed by atoms with Gasteiger partial charge in [-0.05, 0) is 18.2 Å². The maximum absolute atomic E-state index is 14.4. The average molecular weight is 323 g/mol. The number of nitrogens with one attached hydrogen (secondary N) is 1. The maximum atomic E-state index is 14.4. The van der Waals surface area contributed by atoms with Crippen LogP contribution in [0.1, 0.15) is 0 Å². The van der Waals surface area contributed by atoms with Gasteiger partial charge in [-0.1, -0.05) is 0 Å². The van der Waals surface area contributed by atoms with E-state index in [1.807, 2.05) is 4.90 Å². The zero-order valence-electron chi connectivity index (χ0n) is 12.5. The molecule has 2 saturated heterocycles. The van der Waals surface area contributed by atoms with Crippen LogP contribution in [0.4, 0.5) is 20.6 Å². The van der Waals surface area contributed by atoms with E-state index in [2.05, 4.69) is 5.32 Å². The number of hydrogen-bond acceptors (Lipinski definition) is 5. The van der Waals surface area contributed by atoms with Crippen molar-refractivity contribution in [1.82, 2.24) is 5.32 Å². The largest absolute Gasteiger partial charge is 0.442 e. The smallest absolute Gasteiger partial charge is 0.414 e. The summed E-state index contributed by atoms with van der Waals surface area (Å²) in [7, 11) is 0. The molecule has 1 aromatic carbocycles. The van der Waals surface area contributed by atoms with Crippen LogP contribution in [0.3, 0.4) is 0 Å². The summed E-state index contributed by atoms with van der Waals surface area (Å²) in [5.41, 5.74) is 0.946. The first-order valence-electron chi connectivity index (χ1n) is 7.46. The van der Waals surface area contributed by atoms with Crippen molar-refractivity contribution in [2.24, 2.45) is 0 Å². The van der Waals surface area contributed by atoms with Crippen LogP contribution < -0.4 is 15.1 Å². The lowest BCUT2D eigenvalue weighted by atomic mass is 10.2. The Kier molecular flexibility index (Phi) is 4.61. The van der Waals surface area contributed by atoms with Gasteiger partial charge in [-0.2, -0.15) is 0 Å². The van der Waals surface area contributed by atoms with Crippen LogP contribution in [-0.4, -0.2) is 58.0 Å². The minimum Gasteiger partial charge on any atom is -0.442 e. The third kappa shape index (κ3) is 3.37. The highest BCUT2D eigenvalue weighted by molar-refractivity contribution is 5.90. The van der Waals surface area contributed by atoms with Crippen LogP contribution in [0.2, 0.25) is 0 Å². The Morgan fingerprint density at radius 2 is 2.13 bits per heavy atom. The molecule has 2 aliphatic heterocycles. The number of amides is 2. The van der Waals surface area contributed by atoms with Gasteiger partial charge >= 0.3 is 6.09 Å². The molecule has 0 aliphatic carbocycles. The Morgan fingerprint density at radius 1 is 1.35 bits per heavy atom. The number of morpholine rings is 1. The molecule has 2 fully saturated rings. The second kappa shape index (κ2) is 6.82. The number of halogens is 1. The number of benzene rings is 1. The Bertz CT molecular complexity index is 592. The SMILES string of the molecule is O=CNCC1CN(c2ccc(N3CCOCC3)c(F)c2)C(=O)O1. The molecule has 124 valence electrons. The highest BCUT2D eigenvalue weighted by atomic mass is 19.1. The van der Waals surface area contributed by atoms with Gasteiger partial charge in [0.2, 0.25) is 6.41 Å². The zero-order valence-corrected chi connectivity index (χ0v) is 12.5. The van der Waals surface area contributed by atoms with Crippen molar-refractivity contribution < 1.29 is 23.5 Å². The summed E-state index contributed by atoms with van der Waals surface area (Å²) in [6.45, 7) is 2.94. The van der Waals surface area contributed by atoms with Gasteiger partial charge in [0, 0.05) is 13.1 Å². The predicted octanol–water partition coefficient (Wildman–Crippen LogP) is 0.733. The Morgan fingerprint density at radius 3 is 2.83 bits per heavy atom. The number of hydrogen-bond donors (Lipinski definition) is 1. The van der Waals surface area contributed by atoms with E-state index in [0.717, 1.165) is 0 Å². The monoisotopic (exact) mass is 323 g/mol. The molecule has 1 unspecified atom stereocenters. The van der Waals surface area contributed by atoms with Gasteiger partial charge < -0.3 is 19.7 Å². The third-order valence-corrected chi connectivity index (χ3v) is 3.90. The van der Waals surface area contributed by atoms with E-state index in [1.165, 1.54) is 11.0 Å². The number of rotatable bonds is 5. The highest BCUT2D eigenvalue weighted by Crippen LogP contribution is 2.28. The molecule has 8 heteroatoms. The number of carbonyl (C=O) groups is 2. The summed E-state index contributed by atoms with van der Waals surface area (Å²) in [5.74, 6) is -0.383. The molecule has 23 heavy (non-hydrogen) atoms. The summed E-state index contributed by atoms with van der Waals surface area (Å²) in [5, 5.41) is 2.47. The summed E-state index contributed by atoms with van der Waals surface area (Å²) in [6, 6.07) is 4.70. The molecule has 2 heterocycles. The van der Waals surface area contributed by atoms with Crippen molar-refractivity contribution in [3.05, 3.63) is 24.0 Å². The Balaban J connectivity index is 1.72. The first-order valence-corrected chi connectivity index (χ1v) is 7.46. The maximum Gasteiger partial charge on any atom is 0.414 e. The fourth-order valence-corrected chi connectivity index (χ4v) is 2.74. The van der Waals surface area contributed by atoms with Crippen LogP contribution in [0.15, 0.2) is 18.2 Å². The highest BCUT2D eigenvalue weighted by Gasteiger charge is 2.32. The molecule has 1 N–H and O–H groups in total. The molecular weight excluding hydrogens is 305 g/mol. The zero-order chi connectivity index (χ0) is 16.2.